The van der Waals surface area contributed by atoms with Crippen LogP contribution in [0, 0.1) is 13.8 Å². The Morgan fingerprint density at radius 3 is 2.38 bits per heavy atom. The maximum Gasteiger partial charge on any atom is 0.246 e. The van der Waals surface area contributed by atoms with Crippen molar-refractivity contribution in [2.75, 3.05) is 21.3 Å². The van der Waals surface area contributed by atoms with Crippen molar-refractivity contribution in [2.24, 2.45) is 0 Å². The summed E-state index contributed by atoms with van der Waals surface area (Å²) in [5, 5.41) is 0. The number of likely N-dealkylation sites (N-methyl/N-ethyl adjacent to an activating group) is 1. The van der Waals surface area contributed by atoms with Crippen LogP contribution in [-0.2, 0) is 11.3 Å². The zero-order valence-electron chi connectivity index (χ0n) is 15.8. The summed E-state index contributed by atoms with van der Waals surface area (Å²) < 4.78 is 11.6. The van der Waals surface area contributed by atoms with Gasteiger partial charge in [0.25, 0.3) is 0 Å². The zero-order valence-corrected chi connectivity index (χ0v) is 17.4. The molecular formula is C21H24BrNO3. The molecular weight excluding hydrogens is 394 g/mol. The van der Waals surface area contributed by atoms with Crippen LogP contribution in [0.2, 0.25) is 0 Å². The van der Waals surface area contributed by atoms with E-state index in [1.165, 1.54) is 5.56 Å². The van der Waals surface area contributed by atoms with E-state index in [-0.39, 0.29) is 5.91 Å². The number of halogens is 1. The van der Waals surface area contributed by atoms with Gasteiger partial charge in [-0.05, 0) is 60.4 Å². The lowest BCUT2D eigenvalue weighted by Crippen LogP contribution is -2.24. The van der Waals surface area contributed by atoms with Gasteiger partial charge in [-0.2, -0.15) is 0 Å². The molecule has 2 aromatic rings. The van der Waals surface area contributed by atoms with Gasteiger partial charge in [0.1, 0.15) is 0 Å². The largest absolute Gasteiger partial charge is 0.493 e. The number of aryl methyl sites for hydroxylation is 2. The maximum atomic E-state index is 12.5. The summed E-state index contributed by atoms with van der Waals surface area (Å²) in [4.78, 5) is 14.1. The zero-order chi connectivity index (χ0) is 19.3. The van der Waals surface area contributed by atoms with E-state index in [0.29, 0.717) is 18.0 Å². The molecule has 5 heteroatoms. The van der Waals surface area contributed by atoms with Crippen molar-refractivity contribution >= 4 is 27.9 Å². The van der Waals surface area contributed by atoms with Gasteiger partial charge in [-0.1, -0.05) is 28.1 Å². The highest BCUT2D eigenvalue weighted by atomic mass is 79.9. The summed E-state index contributed by atoms with van der Waals surface area (Å²) in [7, 11) is 5.00. The molecule has 2 aromatic carbocycles. The fourth-order valence-corrected chi connectivity index (χ4v) is 3.21. The monoisotopic (exact) mass is 417 g/mol. The molecule has 1 amide bonds. The SMILES string of the molecule is COc1cc(C)c(CN(C)C(=O)/C=C/c2ccc(C)cc2Br)cc1OC. The predicted molar refractivity (Wildman–Crippen MR) is 109 cm³/mol. The van der Waals surface area contributed by atoms with Crippen LogP contribution in [0.1, 0.15) is 22.3 Å². The lowest BCUT2D eigenvalue weighted by molar-refractivity contribution is -0.125. The molecule has 0 heterocycles. The first-order valence-electron chi connectivity index (χ1n) is 8.26. The first-order chi connectivity index (χ1) is 12.3. The van der Waals surface area contributed by atoms with E-state index in [1.54, 1.807) is 32.2 Å². The van der Waals surface area contributed by atoms with Gasteiger partial charge >= 0.3 is 0 Å². The van der Waals surface area contributed by atoms with Gasteiger partial charge in [-0.15, -0.1) is 0 Å². The van der Waals surface area contributed by atoms with Crippen molar-refractivity contribution in [3.63, 3.8) is 0 Å². The van der Waals surface area contributed by atoms with Gasteiger partial charge < -0.3 is 14.4 Å². The molecule has 138 valence electrons. The number of rotatable bonds is 6. The molecule has 0 radical (unpaired) electrons. The average molecular weight is 418 g/mol. The molecule has 26 heavy (non-hydrogen) atoms. The molecule has 0 aromatic heterocycles. The van der Waals surface area contributed by atoms with Crippen LogP contribution in [0.3, 0.4) is 0 Å². The van der Waals surface area contributed by atoms with Gasteiger partial charge in [0.15, 0.2) is 11.5 Å². The number of nitrogens with zero attached hydrogens (tertiary/aromatic N) is 1. The number of benzene rings is 2. The fraction of sp³-hybridized carbons (Fsp3) is 0.286. The molecule has 0 spiro atoms. The minimum Gasteiger partial charge on any atom is -0.493 e. The molecule has 0 atom stereocenters. The van der Waals surface area contributed by atoms with E-state index in [9.17, 15) is 4.79 Å². The third-order valence-corrected chi connectivity index (χ3v) is 4.87. The van der Waals surface area contributed by atoms with Crippen molar-refractivity contribution in [3.8, 4) is 11.5 Å². The standard InChI is InChI=1S/C21H24BrNO3/c1-14-6-7-16(18(22)10-14)8-9-21(24)23(3)13-17-12-20(26-5)19(25-4)11-15(17)2/h6-12H,13H2,1-5H3/b9-8+. The van der Waals surface area contributed by atoms with Crippen molar-refractivity contribution < 1.29 is 14.3 Å². The summed E-state index contributed by atoms with van der Waals surface area (Å²) >= 11 is 3.53. The summed E-state index contributed by atoms with van der Waals surface area (Å²) in [6.07, 6.45) is 3.41. The molecule has 0 bridgehead atoms. The number of methoxy groups -OCH3 is 2. The van der Waals surface area contributed by atoms with Crippen molar-refractivity contribution in [2.45, 2.75) is 20.4 Å². The van der Waals surface area contributed by atoms with Crippen LogP contribution in [0.4, 0.5) is 0 Å². The molecule has 0 unspecified atom stereocenters. The van der Waals surface area contributed by atoms with E-state index in [2.05, 4.69) is 15.9 Å². The van der Waals surface area contributed by atoms with E-state index in [1.807, 2.05) is 50.3 Å². The Kier molecular flexibility index (Phi) is 6.86. The average Bonchev–Trinajstić information content (AvgIpc) is 2.61. The number of hydrogen-bond donors (Lipinski definition) is 0. The number of carbonyl (C=O) groups excluding carboxylic acids is 1. The van der Waals surface area contributed by atoms with Gasteiger partial charge in [-0.25, -0.2) is 0 Å². The first kappa shape index (κ1) is 20.0. The molecule has 2 rings (SSSR count). The highest BCUT2D eigenvalue weighted by Crippen LogP contribution is 2.30. The van der Waals surface area contributed by atoms with E-state index in [4.69, 9.17) is 9.47 Å². The Morgan fingerprint density at radius 1 is 1.12 bits per heavy atom. The van der Waals surface area contributed by atoms with E-state index in [0.717, 1.165) is 21.2 Å². The Bertz CT molecular complexity index is 830. The number of carbonyl (C=O) groups is 1. The summed E-state index contributed by atoms with van der Waals surface area (Å²) in [6.45, 7) is 4.52. The van der Waals surface area contributed by atoms with Gasteiger partial charge in [0.2, 0.25) is 5.91 Å². The van der Waals surface area contributed by atoms with Crippen LogP contribution in [0.25, 0.3) is 6.08 Å². The Hall–Kier alpha value is -2.27. The van der Waals surface area contributed by atoms with Gasteiger partial charge in [-0.3, -0.25) is 4.79 Å². The molecule has 0 aliphatic rings. The second kappa shape index (κ2) is 8.90. The molecule has 0 aliphatic carbocycles. The minimum atomic E-state index is -0.0633. The molecule has 4 nitrogen and oxygen atoms in total. The molecule has 0 saturated heterocycles. The fourth-order valence-electron chi connectivity index (χ4n) is 2.58. The first-order valence-corrected chi connectivity index (χ1v) is 9.05. The summed E-state index contributed by atoms with van der Waals surface area (Å²) in [6, 6.07) is 9.87. The lowest BCUT2D eigenvalue weighted by atomic mass is 10.1. The second-order valence-electron chi connectivity index (χ2n) is 6.19. The third-order valence-electron chi connectivity index (χ3n) is 4.19. The molecule has 0 fully saturated rings. The van der Waals surface area contributed by atoms with Crippen molar-refractivity contribution in [1.82, 2.24) is 4.90 Å². The van der Waals surface area contributed by atoms with Crippen LogP contribution < -0.4 is 9.47 Å². The number of ether oxygens (including phenoxy) is 2. The Morgan fingerprint density at radius 2 is 1.77 bits per heavy atom. The van der Waals surface area contributed by atoms with Crippen LogP contribution in [-0.4, -0.2) is 32.1 Å². The predicted octanol–water partition coefficient (Wildman–Crippen LogP) is 4.75. The minimum absolute atomic E-state index is 0.0633. The van der Waals surface area contributed by atoms with Crippen LogP contribution in [0.5, 0.6) is 11.5 Å². The van der Waals surface area contributed by atoms with Gasteiger partial charge in [0.05, 0.1) is 14.2 Å². The van der Waals surface area contributed by atoms with Crippen LogP contribution >= 0.6 is 15.9 Å². The van der Waals surface area contributed by atoms with Crippen molar-refractivity contribution in [3.05, 3.63) is 63.1 Å². The summed E-state index contributed by atoms with van der Waals surface area (Å²) in [5.41, 5.74) is 4.21. The smallest absolute Gasteiger partial charge is 0.246 e. The van der Waals surface area contributed by atoms with E-state index >= 15 is 0 Å². The molecule has 0 N–H and O–H groups in total. The highest BCUT2D eigenvalue weighted by Gasteiger charge is 2.12. The number of amides is 1. The number of hydrogen-bond acceptors (Lipinski definition) is 3. The summed E-state index contributed by atoms with van der Waals surface area (Å²) in [5.74, 6) is 1.28. The Balaban J connectivity index is 2.13. The van der Waals surface area contributed by atoms with Crippen LogP contribution in [0.15, 0.2) is 40.9 Å². The van der Waals surface area contributed by atoms with Gasteiger partial charge in [0, 0.05) is 24.1 Å². The molecule has 0 aliphatic heterocycles. The highest BCUT2D eigenvalue weighted by molar-refractivity contribution is 9.10. The quantitative estimate of drug-likeness (QED) is 0.636. The van der Waals surface area contributed by atoms with Crippen molar-refractivity contribution in [1.29, 1.82) is 0 Å². The Labute approximate surface area is 163 Å². The third kappa shape index (κ3) is 4.88. The lowest BCUT2D eigenvalue weighted by Gasteiger charge is -2.18. The topological polar surface area (TPSA) is 38.8 Å². The normalized spacial score (nSPS) is 10.8. The second-order valence-corrected chi connectivity index (χ2v) is 7.04. The van der Waals surface area contributed by atoms with E-state index < -0.39 is 0 Å². The molecule has 0 saturated carbocycles. The maximum absolute atomic E-state index is 12.5.